The second-order valence-corrected chi connectivity index (χ2v) is 7.64. The van der Waals surface area contributed by atoms with Crippen LogP contribution in [0.15, 0.2) is 29.3 Å². The quantitative estimate of drug-likeness (QED) is 0.242. The summed E-state index contributed by atoms with van der Waals surface area (Å²) in [5, 5.41) is 6.27. The van der Waals surface area contributed by atoms with Crippen molar-refractivity contribution >= 4 is 40.0 Å². The summed E-state index contributed by atoms with van der Waals surface area (Å²) < 4.78 is 37.7. The largest absolute Gasteiger partial charge is 0.356 e. The van der Waals surface area contributed by atoms with Gasteiger partial charge in [-0.2, -0.15) is 0 Å². The summed E-state index contributed by atoms with van der Waals surface area (Å²) >= 11 is 0. The van der Waals surface area contributed by atoms with Gasteiger partial charge in [-0.1, -0.05) is 12.1 Å². The van der Waals surface area contributed by atoms with Gasteiger partial charge in [0, 0.05) is 32.1 Å². The smallest absolute Gasteiger partial charge is 0.208 e. The van der Waals surface area contributed by atoms with E-state index in [2.05, 4.69) is 20.3 Å². The Bertz CT molecular complexity index is 678. The fraction of sp³-hybridized carbons (Fsp3) is 0.533. The van der Waals surface area contributed by atoms with Gasteiger partial charge in [-0.25, -0.2) is 17.5 Å². The van der Waals surface area contributed by atoms with E-state index in [9.17, 15) is 12.8 Å². The molecule has 1 aliphatic rings. The second-order valence-electron chi connectivity index (χ2n) is 5.81. The highest BCUT2D eigenvalue weighted by atomic mass is 127. The molecule has 2 rings (SSSR count). The number of sulfonamides is 1. The van der Waals surface area contributed by atoms with Crippen molar-refractivity contribution in [1.82, 2.24) is 15.4 Å². The van der Waals surface area contributed by atoms with Crippen molar-refractivity contribution in [3.05, 3.63) is 35.6 Å². The molecule has 1 aromatic rings. The summed E-state index contributed by atoms with van der Waals surface area (Å²) in [5.41, 5.74) is 0.962. The monoisotopic (exact) mass is 470 g/mol. The van der Waals surface area contributed by atoms with E-state index in [-0.39, 0.29) is 41.8 Å². The molecule has 3 N–H and O–H groups in total. The van der Waals surface area contributed by atoms with Gasteiger partial charge in [-0.05, 0) is 30.5 Å². The zero-order valence-electron chi connectivity index (χ0n) is 13.8. The number of nitrogens with one attached hydrogen (secondary N) is 3. The first kappa shape index (κ1) is 21.1. The number of hydrogen-bond donors (Lipinski definition) is 3. The summed E-state index contributed by atoms with van der Waals surface area (Å²) in [7, 11) is -1.53. The van der Waals surface area contributed by atoms with Crippen LogP contribution in [0.2, 0.25) is 0 Å². The van der Waals surface area contributed by atoms with Gasteiger partial charge < -0.3 is 10.6 Å². The van der Waals surface area contributed by atoms with Crippen LogP contribution < -0.4 is 15.4 Å². The first-order valence-electron chi connectivity index (χ1n) is 7.50. The van der Waals surface area contributed by atoms with Crippen molar-refractivity contribution in [2.75, 3.05) is 32.9 Å². The maximum atomic E-state index is 13.4. The minimum Gasteiger partial charge on any atom is -0.356 e. The maximum Gasteiger partial charge on any atom is 0.208 e. The molecule has 0 radical (unpaired) electrons. The van der Waals surface area contributed by atoms with Crippen molar-refractivity contribution in [2.45, 2.75) is 18.3 Å². The molecule has 1 fully saturated rings. The molecule has 0 bridgehead atoms. The zero-order valence-corrected chi connectivity index (χ0v) is 16.9. The first-order valence-corrected chi connectivity index (χ1v) is 9.39. The molecule has 136 valence electrons. The highest BCUT2D eigenvalue weighted by Crippen LogP contribution is 2.47. The summed E-state index contributed by atoms with van der Waals surface area (Å²) in [6, 6.07) is 6.71. The van der Waals surface area contributed by atoms with Crippen molar-refractivity contribution < 1.29 is 12.8 Å². The minimum absolute atomic E-state index is 0. The molecule has 1 saturated carbocycles. The number of rotatable bonds is 7. The molecular weight excluding hydrogens is 446 g/mol. The van der Waals surface area contributed by atoms with Gasteiger partial charge in [-0.15, -0.1) is 24.0 Å². The van der Waals surface area contributed by atoms with Crippen molar-refractivity contribution in [2.24, 2.45) is 4.99 Å². The molecule has 1 aliphatic carbocycles. The molecule has 0 unspecified atom stereocenters. The Hall–Kier alpha value is -0.940. The van der Waals surface area contributed by atoms with Gasteiger partial charge in [0.1, 0.15) is 5.82 Å². The molecule has 0 heterocycles. The second kappa shape index (κ2) is 8.95. The third-order valence-electron chi connectivity index (χ3n) is 3.89. The Labute approximate surface area is 159 Å². The van der Waals surface area contributed by atoms with E-state index in [4.69, 9.17) is 0 Å². The number of guanidine groups is 1. The van der Waals surface area contributed by atoms with E-state index in [0.717, 1.165) is 24.7 Å². The normalized spacial score (nSPS) is 16.2. The van der Waals surface area contributed by atoms with E-state index < -0.39 is 10.0 Å². The molecule has 0 atom stereocenters. The number of aliphatic imine (C=N–C) groups is 1. The van der Waals surface area contributed by atoms with Crippen molar-refractivity contribution in [1.29, 1.82) is 0 Å². The van der Waals surface area contributed by atoms with E-state index in [1.54, 1.807) is 19.2 Å². The first-order chi connectivity index (χ1) is 10.8. The van der Waals surface area contributed by atoms with E-state index >= 15 is 0 Å². The van der Waals surface area contributed by atoms with Crippen molar-refractivity contribution in [3.63, 3.8) is 0 Å². The average Bonchev–Trinajstić information content (AvgIpc) is 3.27. The fourth-order valence-corrected chi connectivity index (χ4v) is 2.90. The lowest BCUT2D eigenvalue weighted by molar-refractivity contribution is 0.585. The van der Waals surface area contributed by atoms with Crippen LogP contribution in [-0.2, 0) is 15.4 Å². The average molecular weight is 470 g/mol. The standard InChI is InChI=1S/C15H23FN4O2S.HI/c1-17-14(18-8-9-20-23(2,21)22)19-11-15(6-7-15)12-4-3-5-13(16)10-12;/h3-5,10,20H,6-9,11H2,1-2H3,(H2,17,18,19);1H. The zero-order chi connectivity index (χ0) is 16.9. The van der Waals surface area contributed by atoms with Crippen LogP contribution in [-0.4, -0.2) is 47.3 Å². The summed E-state index contributed by atoms with van der Waals surface area (Å²) in [5.74, 6) is 0.381. The molecule has 0 aromatic heterocycles. The Morgan fingerprint density at radius 3 is 2.54 bits per heavy atom. The van der Waals surface area contributed by atoms with Crippen LogP contribution in [0.4, 0.5) is 4.39 Å². The van der Waals surface area contributed by atoms with Crippen LogP contribution in [0.1, 0.15) is 18.4 Å². The Kier molecular flexibility index (Phi) is 7.87. The molecule has 0 spiro atoms. The Morgan fingerprint density at radius 1 is 1.29 bits per heavy atom. The van der Waals surface area contributed by atoms with E-state index in [0.29, 0.717) is 19.0 Å². The van der Waals surface area contributed by atoms with Crippen LogP contribution in [0, 0.1) is 5.82 Å². The lowest BCUT2D eigenvalue weighted by atomic mass is 9.96. The topological polar surface area (TPSA) is 82.6 Å². The van der Waals surface area contributed by atoms with Gasteiger partial charge in [0.15, 0.2) is 5.96 Å². The van der Waals surface area contributed by atoms with Gasteiger partial charge in [0.2, 0.25) is 10.0 Å². The third-order valence-corrected chi connectivity index (χ3v) is 4.62. The summed E-state index contributed by atoms with van der Waals surface area (Å²) in [6.07, 6.45) is 3.14. The fourth-order valence-electron chi connectivity index (χ4n) is 2.43. The highest BCUT2D eigenvalue weighted by Gasteiger charge is 2.44. The number of halogens is 2. The summed E-state index contributed by atoms with van der Waals surface area (Å²) in [6.45, 7) is 1.38. The third kappa shape index (κ3) is 6.52. The lowest BCUT2D eigenvalue weighted by Crippen LogP contribution is -2.43. The van der Waals surface area contributed by atoms with Crippen LogP contribution >= 0.6 is 24.0 Å². The van der Waals surface area contributed by atoms with Crippen molar-refractivity contribution in [3.8, 4) is 0 Å². The van der Waals surface area contributed by atoms with Gasteiger partial charge in [0.25, 0.3) is 0 Å². The predicted octanol–water partition coefficient (Wildman–Crippen LogP) is 1.19. The highest BCUT2D eigenvalue weighted by molar-refractivity contribution is 14.0. The minimum atomic E-state index is -3.18. The van der Waals surface area contributed by atoms with E-state index in [1.807, 2.05) is 6.07 Å². The molecular formula is C15H24FIN4O2S. The van der Waals surface area contributed by atoms with Crippen LogP contribution in [0.3, 0.4) is 0 Å². The van der Waals surface area contributed by atoms with Crippen LogP contribution in [0.25, 0.3) is 0 Å². The Balaban J connectivity index is 0.00000288. The molecule has 0 saturated heterocycles. The SMILES string of the molecule is CN=C(NCCNS(C)(=O)=O)NCC1(c2cccc(F)c2)CC1.I. The van der Waals surface area contributed by atoms with Gasteiger partial charge >= 0.3 is 0 Å². The van der Waals surface area contributed by atoms with E-state index in [1.165, 1.54) is 6.07 Å². The molecule has 0 aliphatic heterocycles. The summed E-state index contributed by atoms with van der Waals surface area (Å²) in [4.78, 5) is 4.11. The molecule has 0 amide bonds. The molecule has 24 heavy (non-hydrogen) atoms. The van der Waals surface area contributed by atoms with Crippen LogP contribution in [0.5, 0.6) is 0 Å². The number of nitrogens with zero attached hydrogens (tertiary/aromatic N) is 1. The lowest BCUT2D eigenvalue weighted by Gasteiger charge is -2.19. The molecule has 1 aromatic carbocycles. The Morgan fingerprint density at radius 2 is 2.00 bits per heavy atom. The maximum absolute atomic E-state index is 13.4. The predicted molar refractivity (Wildman–Crippen MR) is 105 cm³/mol. The molecule has 6 nitrogen and oxygen atoms in total. The number of benzene rings is 1. The number of hydrogen-bond acceptors (Lipinski definition) is 3. The van der Waals surface area contributed by atoms with Gasteiger partial charge in [0.05, 0.1) is 6.26 Å². The molecule has 9 heteroatoms. The van der Waals surface area contributed by atoms with Gasteiger partial charge in [-0.3, -0.25) is 4.99 Å².